The summed E-state index contributed by atoms with van der Waals surface area (Å²) in [6.45, 7) is 7.40. The number of rotatable bonds is 8. The highest BCUT2D eigenvalue weighted by Crippen LogP contribution is 2.31. The summed E-state index contributed by atoms with van der Waals surface area (Å²) in [4.78, 5) is 6.96. The summed E-state index contributed by atoms with van der Waals surface area (Å²) >= 11 is 0. The van der Waals surface area contributed by atoms with Gasteiger partial charge in [-0.1, -0.05) is 12.1 Å². The molecule has 0 radical (unpaired) electrons. The minimum absolute atomic E-state index is 0.0965. The van der Waals surface area contributed by atoms with E-state index in [4.69, 9.17) is 0 Å². The third-order valence-electron chi connectivity index (χ3n) is 6.20. The number of sulfonamides is 1. The van der Waals surface area contributed by atoms with E-state index in [1.165, 1.54) is 4.31 Å². The van der Waals surface area contributed by atoms with Crippen LogP contribution in [0.15, 0.2) is 47.5 Å². The van der Waals surface area contributed by atoms with Crippen LogP contribution in [0.3, 0.4) is 0 Å². The van der Waals surface area contributed by atoms with Crippen molar-refractivity contribution in [1.29, 1.82) is 0 Å². The van der Waals surface area contributed by atoms with Gasteiger partial charge in [0.25, 0.3) is 10.0 Å². The number of aryl methyl sites for hydroxylation is 2. The first-order valence-corrected chi connectivity index (χ1v) is 12.9. The Morgan fingerprint density at radius 1 is 1.09 bits per heavy atom. The quantitative estimate of drug-likeness (QED) is 0.505. The molecule has 1 fully saturated rings. The van der Waals surface area contributed by atoms with Gasteiger partial charge in [0.15, 0.2) is 0 Å². The molecule has 1 aromatic carbocycles. The number of hydrogen-bond donors (Lipinski definition) is 2. The lowest BCUT2D eigenvalue weighted by molar-refractivity contribution is 0.291. The predicted molar refractivity (Wildman–Crippen MR) is 134 cm³/mol. The van der Waals surface area contributed by atoms with Gasteiger partial charge >= 0.3 is 0 Å². The van der Waals surface area contributed by atoms with Crippen molar-refractivity contribution in [3.05, 3.63) is 54.0 Å². The van der Waals surface area contributed by atoms with Crippen molar-refractivity contribution in [2.45, 2.75) is 25.2 Å². The normalized spacial score (nSPS) is 14.4. The maximum absolute atomic E-state index is 13.6. The van der Waals surface area contributed by atoms with Crippen LogP contribution in [0, 0.1) is 13.8 Å². The molecule has 182 valence electrons. The molecule has 2 aromatic heterocycles. The van der Waals surface area contributed by atoms with Crippen molar-refractivity contribution < 1.29 is 13.5 Å². The average molecular weight is 485 g/mol. The average Bonchev–Trinajstić information content (AvgIpc) is 3.11. The zero-order chi connectivity index (χ0) is 24.3. The molecule has 3 heterocycles. The molecule has 0 saturated carbocycles. The summed E-state index contributed by atoms with van der Waals surface area (Å²) in [7, 11) is -2.05. The van der Waals surface area contributed by atoms with E-state index < -0.39 is 10.0 Å². The Hall–Kier alpha value is -2.95. The Kier molecular flexibility index (Phi) is 7.20. The Bertz CT molecular complexity index is 1230. The third-order valence-corrected chi connectivity index (χ3v) is 8.01. The zero-order valence-electron chi connectivity index (χ0n) is 19.9. The van der Waals surface area contributed by atoms with Crippen LogP contribution < -0.4 is 14.5 Å². The maximum Gasteiger partial charge on any atom is 0.264 e. The smallest absolute Gasteiger partial charge is 0.264 e. The molecule has 0 aliphatic carbocycles. The van der Waals surface area contributed by atoms with Gasteiger partial charge in [0.2, 0.25) is 0 Å². The zero-order valence-corrected chi connectivity index (χ0v) is 20.7. The molecular formula is C24H32N6O3S. The predicted octanol–water partition coefficient (Wildman–Crippen LogP) is 2.09. The van der Waals surface area contributed by atoms with E-state index in [-0.39, 0.29) is 18.0 Å². The molecule has 0 bridgehead atoms. The molecule has 9 nitrogen and oxygen atoms in total. The molecule has 1 aliphatic rings. The summed E-state index contributed by atoms with van der Waals surface area (Å²) in [5.74, 6) is 0.924. The van der Waals surface area contributed by atoms with Crippen LogP contribution in [0.25, 0.3) is 11.1 Å². The molecular weight excluding hydrogens is 452 g/mol. The van der Waals surface area contributed by atoms with Gasteiger partial charge < -0.3 is 15.3 Å². The lowest BCUT2D eigenvalue weighted by Crippen LogP contribution is -2.43. The highest BCUT2D eigenvalue weighted by atomic mass is 32.2. The number of anilines is 2. The van der Waals surface area contributed by atoms with E-state index in [1.54, 1.807) is 37.0 Å². The SMILES string of the molecule is Cc1nn(C)c(C)c1N(CCCO)S(=O)(=O)c1ccc(-c2ccnc(N3CCNCC3)c2)cc1. The van der Waals surface area contributed by atoms with E-state index in [0.717, 1.165) is 48.8 Å². The Morgan fingerprint density at radius 2 is 1.79 bits per heavy atom. The van der Waals surface area contributed by atoms with E-state index >= 15 is 0 Å². The molecule has 4 rings (SSSR count). The van der Waals surface area contributed by atoms with E-state index in [1.807, 2.05) is 31.2 Å². The van der Waals surface area contributed by atoms with Gasteiger partial charge in [-0.15, -0.1) is 0 Å². The van der Waals surface area contributed by atoms with Gasteiger partial charge in [-0.05, 0) is 55.7 Å². The second-order valence-electron chi connectivity index (χ2n) is 8.46. The fourth-order valence-electron chi connectivity index (χ4n) is 4.30. The molecule has 1 aliphatic heterocycles. The Labute approximate surface area is 201 Å². The number of hydrogen-bond acceptors (Lipinski definition) is 7. The molecule has 0 amide bonds. The Balaban J connectivity index is 1.64. The highest BCUT2D eigenvalue weighted by molar-refractivity contribution is 7.92. The molecule has 0 unspecified atom stereocenters. The number of piperazine rings is 1. The number of benzene rings is 1. The van der Waals surface area contributed by atoms with Gasteiger partial charge in [-0.3, -0.25) is 8.99 Å². The standard InChI is InChI=1S/C24H32N6O3S/c1-18-24(19(2)28(3)27-18)30(13-4-16-31)34(32,33)22-7-5-20(6-8-22)21-9-10-26-23(17-21)29-14-11-25-12-15-29/h5-10,17,25,31H,4,11-16H2,1-3H3. The summed E-state index contributed by atoms with van der Waals surface area (Å²) < 4.78 is 30.3. The summed E-state index contributed by atoms with van der Waals surface area (Å²) in [6.07, 6.45) is 2.12. The lowest BCUT2D eigenvalue weighted by Gasteiger charge is -2.28. The van der Waals surface area contributed by atoms with Crippen molar-refractivity contribution in [2.75, 3.05) is 48.5 Å². The monoisotopic (exact) mass is 484 g/mol. The largest absolute Gasteiger partial charge is 0.396 e. The number of aromatic nitrogens is 3. The molecule has 3 aromatic rings. The van der Waals surface area contributed by atoms with Crippen molar-refractivity contribution in [3.8, 4) is 11.1 Å². The summed E-state index contributed by atoms with van der Waals surface area (Å²) in [6, 6.07) is 10.9. The molecule has 10 heteroatoms. The minimum Gasteiger partial charge on any atom is -0.396 e. The van der Waals surface area contributed by atoms with Crippen molar-refractivity contribution in [3.63, 3.8) is 0 Å². The van der Waals surface area contributed by atoms with Crippen LogP contribution in [0.2, 0.25) is 0 Å². The highest BCUT2D eigenvalue weighted by Gasteiger charge is 2.29. The number of pyridine rings is 1. The van der Waals surface area contributed by atoms with Crippen LogP contribution in [0.4, 0.5) is 11.5 Å². The molecule has 0 spiro atoms. The Morgan fingerprint density at radius 3 is 2.41 bits per heavy atom. The van der Waals surface area contributed by atoms with Crippen LogP contribution in [-0.4, -0.2) is 67.6 Å². The first-order chi connectivity index (χ1) is 16.3. The van der Waals surface area contributed by atoms with Gasteiger partial charge in [0, 0.05) is 52.6 Å². The van der Waals surface area contributed by atoms with Gasteiger partial charge in [-0.25, -0.2) is 13.4 Å². The third kappa shape index (κ3) is 4.79. The van der Waals surface area contributed by atoms with E-state index in [9.17, 15) is 13.5 Å². The minimum atomic E-state index is -3.84. The van der Waals surface area contributed by atoms with Crippen LogP contribution in [-0.2, 0) is 17.1 Å². The van der Waals surface area contributed by atoms with Crippen molar-refractivity contribution in [1.82, 2.24) is 20.1 Å². The van der Waals surface area contributed by atoms with Crippen molar-refractivity contribution in [2.24, 2.45) is 7.05 Å². The fraction of sp³-hybridized carbons (Fsp3) is 0.417. The fourth-order valence-corrected chi connectivity index (χ4v) is 5.91. The van der Waals surface area contributed by atoms with E-state index in [0.29, 0.717) is 17.8 Å². The van der Waals surface area contributed by atoms with Crippen LogP contribution in [0.5, 0.6) is 0 Å². The first kappa shape index (κ1) is 24.2. The molecule has 1 saturated heterocycles. The van der Waals surface area contributed by atoms with Crippen LogP contribution >= 0.6 is 0 Å². The summed E-state index contributed by atoms with van der Waals surface area (Å²) in [5, 5.41) is 17.1. The van der Waals surface area contributed by atoms with Crippen LogP contribution in [0.1, 0.15) is 17.8 Å². The second-order valence-corrected chi connectivity index (χ2v) is 10.3. The van der Waals surface area contributed by atoms with Gasteiger partial charge in [0.1, 0.15) is 5.82 Å². The van der Waals surface area contributed by atoms with Crippen molar-refractivity contribution >= 4 is 21.5 Å². The number of nitrogens with one attached hydrogen (secondary N) is 1. The topological polar surface area (TPSA) is 104 Å². The number of aliphatic hydroxyl groups excluding tert-OH is 1. The van der Waals surface area contributed by atoms with Gasteiger partial charge in [-0.2, -0.15) is 5.10 Å². The first-order valence-electron chi connectivity index (χ1n) is 11.5. The summed E-state index contributed by atoms with van der Waals surface area (Å²) in [5.41, 5.74) is 3.87. The number of nitrogens with zero attached hydrogens (tertiary/aromatic N) is 5. The second kappa shape index (κ2) is 10.1. The molecule has 34 heavy (non-hydrogen) atoms. The maximum atomic E-state index is 13.6. The number of aliphatic hydroxyl groups is 1. The molecule has 2 N–H and O–H groups in total. The molecule has 0 atom stereocenters. The van der Waals surface area contributed by atoms with E-state index in [2.05, 4.69) is 20.3 Å². The van der Waals surface area contributed by atoms with Gasteiger partial charge in [0.05, 0.1) is 22.0 Å². The lowest BCUT2D eigenvalue weighted by atomic mass is 10.1.